The molecule has 0 aliphatic carbocycles. The largest absolute Gasteiger partial charge is 0.496 e. The fraction of sp³-hybridized carbons (Fsp3) is 0.176. The molecule has 1 aromatic rings. The third-order valence-corrected chi connectivity index (χ3v) is 3.92. The smallest absolute Gasteiger partial charge is 0.355 e. The fourth-order valence-electron chi connectivity index (χ4n) is 2.17. The molecule has 0 fully saturated rings. The Morgan fingerprint density at radius 3 is 2.33 bits per heavy atom. The standard InChI is InChI=1S/C17H16BrNO5/c1-22-14-8-7-11(10-13(14)18)19-9-5-4-6-12(16(20)23-2)15(19)17(21)24-3/h4-10H,1-3H3. The first kappa shape index (κ1) is 17.8. The van der Waals surface area contributed by atoms with E-state index in [-0.39, 0.29) is 11.3 Å². The Hall–Kier alpha value is -2.54. The quantitative estimate of drug-likeness (QED) is 0.732. The molecule has 126 valence electrons. The van der Waals surface area contributed by atoms with Gasteiger partial charge in [0, 0.05) is 11.9 Å². The van der Waals surface area contributed by atoms with E-state index in [1.165, 1.54) is 20.3 Å². The number of rotatable bonds is 4. The summed E-state index contributed by atoms with van der Waals surface area (Å²) in [4.78, 5) is 25.9. The molecular formula is C17H16BrNO5. The number of carbonyl (C=O) groups excluding carboxylic acids is 2. The van der Waals surface area contributed by atoms with E-state index >= 15 is 0 Å². The monoisotopic (exact) mass is 393 g/mol. The Morgan fingerprint density at radius 2 is 1.75 bits per heavy atom. The molecule has 1 aromatic carbocycles. The van der Waals surface area contributed by atoms with Gasteiger partial charge in [0.05, 0.1) is 31.4 Å². The van der Waals surface area contributed by atoms with Gasteiger partial charge in [0.2, 0.25) is 0 Å². The number of ether oxygens (including phenoxy) is 3. The summed E-state index contributed by atoms with van der Waals surface area (Å²) in [5, 5.41) is 0. The van der Waals surface area contributed by atoms with Gasteiger partial charge in [-0.2, -0.15) is 0 Å². The Bertz CT molecular complexity index is 751. The predicted octanol–water partition coefficient (Wildman–Crippen LogP) is 2.95. The zero-order valence-electron chi connectivity index (χ0n) is 13.4. The second kappa shape index (κ2) is 7.83. The molecule has 1 aliphatic heterocycles. The normalized spacial score (nSPS) is 13.6. The highest BCUT2D eigenvalue weighted by Gasteiger charge is 2.27. The zero-order chi connectivity index (χ0) is 17.7. The van der Waals surface area contributed by atoms with Crippen LogP contribution in [-0.2, 0) is 19.1 Å². The van der Waals surface area contributed by atoms with Crippen molar-refractivity contribution in [2.75, 3.05) is 26.2 Å². The maximum atomic E-state index is 12.3. The molecule has 0 saturated heterocycles. The van der Waals surface area contributed by atoms with Crippen molar-refractivity contribution >= 4 is 33.6 Å². The second-order valence-corrected chi connectivity index (χ2v) is 5.49. The van der Waals surface area contributed by atoms with Crippen molar-refractivity contribution < 1.29 is 23.8 Å². The van der Waals surface area contributed by atoms with Gasteiger partial charge in [-0.05, 0) is 46.3 Å². The first-order valence-corrected chi connectivity index (χ1v) is 7.71. The van der Waals surface area contributed by atoms with Crippen LogP contribution in [-0.4, -0.2) is 33.3 Å². The average Bonchev–Trinajstić information content (AvgIpc) is 2.83. The van der Waals surface area contributed by atoms with E-state index in [0.29, 0.717) is 15.9 Å². The molecule has 0 spiro atoms. The Kier molecular flexibility index (Phi) is 5.81. The Balaban J connectivity index is 2.63. The minimum Gasteiger partial charge on any atom is -0.496 e. The molecule has 0 N–H and O–H groups in total. The minimum absolute atomic E-state index is 0.0615. The van der Waals surface area contributed by atoms with Crippen LogP contribution in [0.25, 0.3) is 0 Å². The van der Waals surface area contributed by atoms with E-state index in [0.717, 1.165) is 0 Å². The summed E-state index contributed by atoms with van der Waals surface area (Å²) in [6.07, 6.45) is 6.52. The van der Waals surface area contributed by atoms with Crippen molar-refractivity contribution in [3.63, 3.8) is 0 Å². The van der Waals surface area contributed by atoms with Crippen LogP contribution < -0.4 is 9.64 Å². The molecule has 24 heavy (non-hydrogen) atoms. The lowest BCUT2D eigenvalue weighted by Crippen LogP contribution is -2.26. The van der Waals surface area contributed by atoms with Crippen molar-refractivity contribution in [2.45, 2.75) is 0 Å². The van der Waals surface area contributed by atoms with Gasteiger partial charge in [-0.1, -0.05) is 6.08 Å². The van der Waals surface area contributed by atoms with Crippen LogP contribution in [0.2, 0.25) is 0 Å². The third kappa shape index (κ3) is 3.51. The Labute approximate surface area is 148 Å². The SMILES string of the molecule is COC(=O)C1=C(C(=O)OC)N(c2ccc(OC)c(Br)c2)C=CC=C1. The van der Waals surface area contributed by atoms with Crippen LogP contribution in [0.15, 0.2) is 58.4 Å². The molecule has 1 aliphatic rings. The molecule has 7 heteroatoms. The molecule has 0 atom stereocenters. The molecule has 0 amide bonds. The molecule has 2 rings (SSSR count). The molecule has 0 radical (unpaired) electrons. The molecule has 6 nitrogen and oxygen atoms in total. The van der Waals surface area contributed by atoms with Gasteiger partial charge in [-0.3, -0.25) is 0 Å². The number of methoxy groups -OCH3 is 3. The maximum absolute atomic E-state index is 12.3. The van der Waals surface area contributed by atoms with Crippen LogP contribution in [0.4, 0.5) is 5.69 Å². The minimum atomic E-state index is -0.654. The van der Waals surface area contributed by atoms with Gasteiger partial charge in [-0.15, -0.1) is 0 Å². The Morgan fingerprint density at radius 1 is 1.04 bits per heavy atom. The van der Waals surface area contributed by atoms with Gasteiger partial charge in [0.1, 0.15) is 11.4 Å². The number of carbonyl (C=O) groups is 2. The molecule has 1 heterocycles. The van der Waals surface area contributed by atoms with Crippen molar-refractivity contribution in [1.29, 1.82) is 0 Å². The number of allylic oxidation sites excluding steroid dienone is 2. The number of benzene rings is 1. The van der Waals surface area contributed by atoms with Crippen LogP contribution >= 0.6 is 15.9 Å². The third-order valence-electron chi connectivity index (χ3n) is 3.30. The first-order chi connectivity index (χ1) is 11.5. The van der Waals surface area contributed by atoms with Gasteiger partial charge in [0.15, 0.2) is 0 Å². The van der Waals surface area contributed by atoms with Crippen LogP contribution in [0, 0.1) is 0 Å². The van der Waals surface area contributed by atoms with Crippen molar-refractivity contribution in [3.05, 3.63) is 58.4 Å². The van der Waals surface area contributed by atoms with E-state index in [9.17, 15) is 9.59 Å². The van der Waals surface area contributed by atoms with Crippen molar-refractivity contribution in [1.82, 2.24) is 0 Å². The summed E-state index contributed by atoms with van der Waals surface area (Å²) in [6.45, 7) is 0. The van der Waals surface area contributed by atoms with Gasteiger partial charge in [0.25, 0.3) is 0 Å². The van der Waals surface area contributed by atoms with Crippen LogP contribution in [0.5, 0.6) is 5.75 Å². The molecule has 0 aromatic heterocycles. The zero-order valence-corrected chi connectivity index (χ0v) is 15.0. The van der Waals surface area contributed by atoms with Gasteiger partial charge < -0.3 is 19.1 Å². The lowest BCUT2D eigenvalue weighted by atomic mass is 10.1. The number of nitrogens with zero attached hydrogens (tertiary/aromatic N) is 1. The van der Waals surface area contributed by atoms with Crippen LogP contribution in [0.3, 0.4) is 0 Å². The summed E-state index contributed by atoms with van der Waals surface area (Å²) in [6, 6.07) is 5.28. The number of esters is 2. The number of hydrogen-bond acceptors (Lipinski definition) is 6. The van der Waals surface area contributed by atoms with E-state index in [1.807, 2.05) is 0 Å². The topological polar surface area (TPSA) is 65.1 Å². The summed E-state index contributed by atoms with van der Waals surface area (Å²) >= 11 is 3.41. The highest BCUT2D eigenvalue weighted by molar-refractivity contribution is 9.10. The predicted molar refractivity (Wildman–Crippen MR) is 92.5 cm³/mol. The van der Waals surface area contributed by atoms with E-state index in [4.69, 9.17) is 14.2 Å². The summed E-state index contributed by atoms with van der Waals surface area (Å²) in [7, 11) is 4.07. The fourth-order valence-corrected chi connectivity index (χ4v) is 2.70. The second-order valence-electron chi connectivity index (χ2n) is 4.63. The van der Waals surface area contributed by atoms with E-state index in [2.05, 4.69) is 15.9 Å². The molecule has 0 bridgehead atoms. The average molecular weight is 394 g/mol. The van der Waals surface area contributed by atoms with E-state index in [1.54, 1.807) is 48.6 Å². The molecule has 0 unspecified atom stereocenters. The maximum Gasteiger partial charge on any atom is 0.355 e. The molecule has 0 saturated carbocycles. The van der Waals surface area contributed by atoms with Gasteiger partial charge >= 0.3 is 11.9 Å². The highest BCUT2D eigenvalue weighted by Crippen LogP contribution is 2.33. The lowest BCUT2D eigenvalue weighted by molar-refractivity contribution is -0.139. The highest BCUT2D eigenvalue weighted by atomic mass is 79.9. The number of anilines is 1. The number of halogens is 1. The van der Waals surface area contributed by atoms with Gasteiger partial charge in [-0.25, -0.2) is 9.59 Å². The summed E-state index contributed by atoms with van der Waals surface area (Å²) < 4.78 is 15.5. The first-order valence-electron chi connectivity index (χ1n) is 6.92. The van der Waals surface area contributed by atoms with Crippen molar-refractivity contribution in [3.8, 4) is 5.75 Å². The van der Waals surface area contributed by atoms with Crippen LogP contribution in [0.1, 0.15) is 0 Å². The molecular weight excluding hydrogens is 378 g/mol. The van der Waals surface area contributed by atoms with E-state index < -0.39 is 11.9 Å². The summed E-state index contributed by atoms with van der Waals surface area (Å²) in [5.74, 6) is -0.640. The lowest BCUT2D eigenvalue weighted by Gasteiger charge is -2.23. The van der Waals surface area contributed by atoms with Crippen molar-refractivity contribution in [2.24, 2.45) is 0 Å². The number of hydrogen-bond donors (Lipinski definition) is 0. The summed E-state index contributed by atoms with van der Waals surface area (Å²) in [5.41, 5.74) is 0.803.